The van der Waals surface area contributed by atoms with Gasteiger partial charge in [0.15, 0.2) is 9.84 Å². The molecule has 0 saturated carbocycles. The van der Waals surface area contributed by atoms with Crippen LogP contribution in [0.5, 0.6) is 0 Å². The average Bonchev–Trinajstić information content (AvgIpc) is 1.99. The smallest absolute Gasteiger partial charge is 0.151 e. The van der Waals surface area contributed by atoms with Gasteiger partial charge in [0, 0.05) is 6.26 Å². The molecule has 0 aliphatic rings. The highest BCUT2D eigenvalue weighted by molar-refractivity contribution is 7.89. The van der Waals surface area contributed by atoms with E-state index in [2.05, 4.69) is 0 Å². The van der Waals surface area contributed by atoms with Crippen molar-refractivity contribution in [1.29, 1.82) is 5.26 Å². The fraction of sp³-hybridized carbons (Fsp3) is 0.222. The molecule has 0 amide bonds. The molecule has 0 unspecified atom stereocenters. The van der Waals surface area contributed by atoms with Crippen LogP contribution in [0.15, 0.2) is 18.2 Å². The van der Waals surface area contributed by atoms with Crippen LogP contribution in [-0.2, 0) is 15.6 Å². The summed E-state index contributed by atoms with van der Waals surface area (Å²) >= 11 is 0. The number of hydrogen-bond acceptors (Lipinski definition) is 3. The number of sulfone groups is 1. The lowest BCUT2D eigenvalue weighted by atomic mass is 10.1. The Balaban J connectivity index is 3.12. The molecule has 5 heteroatoms. The zero-order chi connectivity index (χ0) is 10.8. The van der Waals surface area contributed by atoms with Crippen LogP contribution in [-0.4, -0.2) is 14.7 Å². The molecule has 74 valence electrons. The van der Waals surface area contributed by atoms with Crippen LogP contribution in [0.4, 0.5) is 4.39 Å². The van der Waals surface area contributed by atoms with E-state index in [0.717, 1.165) is 18.4 Å². The normalized spacial score (nSPS) is 10.9. The number of hydrogen-bond donors (Lipinski definition) is 0. The van der Waals surface area contributed by atoms with Gasteiger partial charge in [-0.3, -0.25) is 0 Å². The van der Waals surface area contributed by atoms with Gasteiger partial charge in [-0.25, -0.2) is 12.8 Å². The predicted molar refractivity (Wildman–Crippen MR) is 49.7 cm³/mol. The second kappa shape index (κ2) is 3.76. The van der Waals surface area contributed by atoms with Gasteiger partial charge in [0.2, 0.25) is 0 Å². The summed E-state index contributed by atoms with van der Waals surface area (Å²) in [6, 6.07) is 5.30. The maximum Gasteiger partial charge on any atom is 0.151 e. The molecule has 0 heterocycles. The van der Waals surface area contributed by atoms with Gasteiger partial charge >= 0.3 is 0 Å². The lowest BCUT2D eigenvalue weighted by molar-refractivity contribution is 0.600. The van der Waals surface area contributed by atoms with Crippen molar-refractivity contribution in [2.45, 2.75) is 5.75 Å². The van der Waals surface area contributed by atoms with Crippen LogP contribution in [0.2, 0.25) is 0 Å². The van der Waals surface area contributed by atoms with E-state index >= 15 is 0 Å². The molecule has 0 saturated heterocycles. The lowest BCUT2D eigenvalue weighted by Gasteiger charge is -2.00. The molecule has 1 aromatic rings. The van der Waals surface area contributed by atoms with Gasteiger partial charge in [-0.2, -0.15) is 5.26 Å². The van der Waals surface area contributed by atoms with Crippen LogP contribution in [0.3, 0.4) is 0 Å². The highest BCUT2D eigenvalue weighted by atomic mass is 32.2. The summed E-state index contributed by atoms with van der Waals surface area (Å²) in [4.78, 5) is 0. The summed E-state index contributed by atoms with van der Waals surface area (Å²) in [5, 5.41) is 8.52. The minimum atomic E-state index is -3.19. The van der Waals surface area contributed by atoms with Crippen LogP contribution < -0.4 is 0 Å². The zero-order valence-electron chi connectivity index (χ0n) is 7.49. The van der Waals surface area contributed by atoms with Crippen LogP contribution in [0.25, 0.3) is 0 Å². The minimum absolute atomic E-state index is 0.128. The molecule has 1 aromatic carbocycles. The van der Waals surface area contributed by atoms with Gasteiger partial charge < -0.3 is 0 Å². The van der Waals surface area contributed by atoms with Gasteiger partial charge in [-0.05, 0) is 23.8 Å². The maximum atomic E-state index is 12.8. The number of rotatable bonds is 2. The summed E-state index contributed by atoms with van der Waals surface area (Å²) < 4.78 is 34.7. The fourth-order valence-corrected chi connectivity index (χ4v) is 1.87. The van der Waals surface area contributed by atoms with E-state index in [1.165, 1.54) is 6.07 Å². The van der Waals surface area contributed by atoms with E-state index in [1.54, 1.807) is 6.07 Å². The molecule has 0 bridgehead atoms. The number of benzene rings is 1. The van der Waals surface area contributed by atoms with Crippen molar-refractivity contribution < 1.29 is 12.8 Å². The van der Waals surface area contributed by atoms with Crippen molar-refractivity contribution in [3.8, 4) is 6.07 Å². The van der Waals surface area contributed by atoms with Crippen LogP contribution in [0.1, 0.15) is 11.1 Å². The van der Waals surface area contributed by atoms with Crippen molar-refractivity contribution in [2.24, 2.45) is 0 Å². The van der Waals surface area contributed by atoms with E-state index in [9.17, 15) is 12.8 Å². The first-order valence-corrected chi connectivity index (χ1v) is 5.84. The van der Waals surface area contributed by atoms with E-state index < -0.39 is 15.7 Å². The molecule has 1 rings (SSSR count). The van der Waals surface area contributed by atoms with E-state index in [-0.39, 0.29) is 11.3 Å². The van der Waals surface area contributed by atoms with Crippen LogP contribution >= 0.6 is 0 Å². The first kappa shape index (κ1) is 10.7. The maximum absolute atomic E-state index is 12.8. The second-order valence-corrected chi connectivity index (χ2v) is 5.17. The Morgan fingerprint density at radius 1 is 1.43 bits per heavy atom. The molecule has 14 heavy (non-hydrogen) atoms. The summed E-state index contributed by atoms with van der Waals surface area (Å²) in [6.07, 6.45) is 1.06. The fourth-order valence-electron chi connectivity index (χ4n) is 1.10. The Hall–Kier alpha value is -1.41. The molecule has 0 aliphatic heterocycles. The Kier molecular flexibility index (Phi) is 2.87. The average molecular weight is 213 g/mol. The first-order valence-electron chi connectivity index (χ1n) is 3.78. The highest BCUT2D eigenvalue weighted by Gasteiger charge is 2.07. The Morgan fingerprint density at radius 2 is 2.07 bits per heavy atom. The third kappa shape index (κ3) is 3.15. The van der Waals surface area contributed by atoms with Gasteiger partial charge in [-0.15, -0.1) is 0 Å². The predicted octanol–water partition coefficient (Wildman–Crippen LogP) is 1.24. The first-order chi connectivity index (χ1) is 6.40. The molecule has 0 atom stereocenters. The van der Waals surface area contributed by atoms with Crippen LogP contribution in [0, 0.1) is 17.1 Å². The largest absolute Gasteiger partial charge is 0.229 e. The second-order valence-electron chi connectivity index (χ2n) is 3.03. The van der Waals surface area contributed by atoms with Gasteiger partial charge in [0.05, 0.1) is 17.4 Å². The van der Waals surface area contributed by atoms with Crippen molar-refractivity contribution in [3.63, 3.8) is 0 Å². The Morgan fingerprint density at radius 3 is 2.57 bits per heavy atom. The topological polar surface area (TPSA) is 57.9 Å². The van der Waals surface area contributed by atoms with Gasteiger partial charge in [0.25, 0.3) is 0 Å². The molecular formula is C9H8FNO2S. The van der Waals surface area contributed by atoms with E-state index in [4.69, 9.17) is 5.26 Å². The van der Waals surface area contributed by atoms with Gasteiger partial charge in [-0.1, -0.05) is 0 Å². The monoisotopic (exact) mass is 213 g/mol. The van der Waals surface area contributed by atoms with Crippen molar-refractivity contribution in [2.75, 3.05) is 6.26 Å². The molecule has 0 radical (unpaired) electrons. The Labute approximate surface area is 81.7 Å². The minimum Gasteiger partial charge on any atom is -0.229 e. The summed E-state index contributed by atoms with van der Waals surface area (Å²) in [6.45, 7) is 0. The molecule has 0 fully saturated rings. The standard InChI is InChI=1S/C9H8FNO2S/c1-14(12,13)6-8-2-7(5-11)3-9(10)4-8/h2-4H,6H2,1H3. The van der Waals surface area contributed by atoms with Crippen molar-refractivity contribution >= 4 is 9.84 Å². The number of nitrogens with zero attached hydrogens (tertiary/aromatic N) is 1. The number of nitriles is 1. The van der Waals surface area contributed by atoms with Crippen molar-refractivity contribution in [1.82, 2.24) is 0 Å². The quantitative estimate of drug-likeness (QED) is 0.742. The third-order valence-corrected chi connectivity index (χ3v) is 2.37. The summed E-state index contributed by atoms with van der Waals surface area (Å²) in [5.41, 5.74) is 0.424. The zero-order valence-corrected chi connectivity index (χ0v) is 8.31. The molecule has 0 aliphatic carbocycles. The third-order valence-electron chi connectivity index (χ3n) is 1.52. The highest BCUT2D eigenvalue weighted by Crippen LogP contribution is 2.11. The lowest BCUT2D eigenvalue weighted by Crippen LogP contribution is -2.01. The summed E-state index contributed by atoms with van der Waals surface area (Å²) in [7, 11) is -3.19. The molecule has 0 N–H and O–H groups in total. The molecule has 3 nitrogen and oxygen atoms in total. The summed E-state index contributed by atoms with van der Waals surface area (Å²) in [5.74, 6) is -0.845. The molecule has 0 spiro atoms. The van der Waals surface area contributed by atoms with Crippen molar-refractivity contribution in [3.05, 3.63) is 35.1 Å². The Bertz CT molecular complexity index is 488. The number of halogens is 1. The van der Waals surface area contributed by atoms with E-state index in [1.807, 2.05) is 0 Å². The SMILES string of the molecule is CS(=O)(=O)Cc1cc(F)cc(C#N)c1. The van der Waals surface area contributed by atoms with Gasteiger partial charge in [0.1, 0.15) is 5.82 Å². The molecular weight excluding hydrogens is 205 g/mol. The molecule has 0 aromatic heterocycles. The van der Waals surface area contributed by atoms with E-state index in [0.29, 0.717) is 5.56 Å².